The molecular formula is C15H18BrNS. The van der Waals surface area contributed by atoms with Gasteiger partial charge in [-0.1, -0.05) is 29.8 Å². The van der Waals surface area contributed by atoms with Crippen molar-refractivity contribution in [2.75, 3.05) is 0 Å². The summed E-state index contributed by atoms with van der Waals surface area (Å²) < 4.78 is 1.17. The zero-order chi connectivity index (χ0) is 13.1. The van der Waals surface area contributed by atoms with Crippen molar-refractivity contribution in [3.63, 3.8) is 0 Å². The Kier molecular flexibility index (Phi) is 4.60. The lowest BCUT2D eigenvalue weighted by molar-refractivity contribution is 0.500. The monoisotopic (exact) mass is 323 g/mol. The molecule has 0 aliphatic rings. The molecule has 1 aromatic carbocycles. The number of thiophene rings is 1. The maximum atomic E-state index is 3.64. The molecule has 2 aromatic rings. The maximum Gasteiger partial charge on any atom is 0.0391 e. The molecule has 0 bridgehead atoms. The largest absolute Gasteiger partial charge is 0.303 e. The fourth-order valence-electron chi connectivity index (χ4n) is 2.05. The Labute approximate surface area is 121 Å². The maximum absolute atomic E-state index is 3.64. The summed E-state index contributed by atoms with van der Waals surface area (Å²) in [4.78, 5) is 1.36. The second-order valence-electron chi connectivity index (χ2n) is 4.69. The fraction of sp³-hybridized carbons (Fsp3) is 0.333. The summed E-state index contributed by atoms with van der Waals surface area (Å²) in [6, 6.07) is 11.6. The molecule has 1 N–H and O–H groups in total. The van der Waals surface area contributed by atoms with Gasteiger partial charge in [-0.2, -0.15) is 0 Å². The Balaban J connectivity index is 2.05. The molecule has 1 aromatic heterocycles. The number of hydrogen-bond donors (Lipinski definition) is 1. The van der Waals surface area contributed by atoms with Crippen LogP contribution in [0.5, 0.6) is 0 Å². The number of halogens is 1. The molecule has 0 saturated carbocycles. The highest BCUT2D eigenvalue weighted by Crippen LogP contribution is 2.27. The molecule has 1 unspecified atom stereocenters. The lowest BCUT2D eigenvalue weighted by atomic mass is 10.0. The molecule has 0 radical (unpaired) electrons. The number of hydrogen-bond acceptors (Lipinski definition) is 2. The first-order valence-electron chi connectivity index (χ1n) is 6.13. The molecule has 0 aliphatic heterocycles. The van der Waals surface area contributed by atoms with E-state index in [1.807, 2.05) is 0 Å². The third-order valence-corrected chi connectivity index (χ3v) is 4.93. The third-order valence-electron chi connectivity index (χ3n) is 3.06. The molecule has 2 rings (SSSR count). The standard InChI is InChI=1S/C15H18BrNS/c1-10-5-4-6-13(7-10)11(2)17-12(3)15-8-14(16)9-18-15/h4-9,11-12,17H,1-3H3/t11-,12?/m1/s1. The smallest absolute Gasteiger partial charge is 0.0391 e. The van der Waals surface area contributed by atoms with Gasteiger partial charge in [0.2, 0.25) is 0 Å². The van der Waals surface area contributed by atoms with Crippen LogP contribution >= 0.6 is 27.3 Å². The van der Waals surface area contributed by atoms with Gasteiger partial charge in [-0.3, -0.25) is 0 Å². The normalized spacial score (nSPS) is 14.4. The van der Waals surface area contributed by atoms with Crippen LogP contribution in [0.4, 0.5) is 0 Å². The molecule has 0 fully saturated rings. The molecule has 0 amide bonds. The molecule has 18 heavy (non-hydrogen) atoms. The third kappa shape index (κ3) is 3.44. The van der Waals surface area contributed by atoms with Gasteiger partial charge in [0.1, 0.15) is 0 Å². The average molecular weight is 324 g/mol. The predicted molar refractivity (Wildman–Crippen MR) is 83.2 cm³/mol. The second-order valence-corrected chi connectivity index (χ2v) is 6.55. The van der Waals surface area contributed by atoms with Gasteiger partial charge in [-0.15, -0.1) is 11.3 Å². The summed E-state index contributed by atoms with van der Waals surface area (Å²) in [6.07, 6.45) is 0. The van der Waals surface area contributed by atoms with Crippen molar-refractivity contribution in [2.24, 2.45) is 0 Å². The van der Waals surface area contributed by atoms with Crippen LogP contribution in [-0.2, 0) is 0 Å². The van der Waals surface area contributed by atoms with Gasteiger partial charge >= 0.3 is 0 Å². The number of rotatable bonds is 4. The SMILES string of the molecule is Cc1cccc([C@@H](C)NC(C)c2cc(Br)cs2)c1. The number of benzene rings is 1. The second kappa shape index (κ2) is 6.00. The van der Waals surface area contributed by atoms with Crippen molar-refractivity contribution < 1.29 is 0 Å². The lowest BCUT2D eigenvalue weighted by Crippen LogP contribution is -2.21. The van der Waals surface area contributed by atoms with Crippen molar-refractivity contribution in [3.05, 3.63) is 56.2 Å². The lowest BCUT2D eigenvalue weighted by Gasteiger charge is -2.19. The summed E-state index contributed by atoms with van der Waals surface area (Å²) in [7, 11) is 0. The van der Waals surface area contributed by atoms with Gasteiger partial charge in [0.25, 0.3) is 0 Å². The molecule has 1 heterocycles. The van der Waals surface area contributed by atoms with Crippen molar-refractivity contribution >= 4 is 27.3 Å². The Morgan fingerprint density at radius 2 is 1.94 bits per heavy atom. The number of nitrogens with one attached hydrogen (secondary N) is 1. The van der Waals surface area contributed by atoms with Crippen LogP contribution < -0.4 is 5.32 Å². The average Bonchev–Trinajstić information content (AvgIpc) is 2.76. The Morgan fingerprint density at radius 1 is 1.17 bits per heavy atom. The highest BCUT2D eigenvalue weighted by Gasteiger charge is 2.12. The van der Waals surface area contributed by atoms with Crippen LogP contribution in [0.2, 0.25) is 0 Å². The van der Waals surface area contributed by atoms with Gasteiger partial charge in [-0.25, -0.2) is 0 Å². The van der Waals surface area contributed by atoms with E-state index in [1.165, 1.54) is 20.5 Å². The van der Waals surface area contributed by atoms with Gasteiger partial charge < -0.3 is 5.32 Å². The minimum absolute atomic E-state index is 0.362. The van der Waals surface area contributed by atoms with Crippen molar-refractivity contribution in [2.45, 2.75) is 32.9 Å². The van der Waals surface area contributed by atoms with E-state index in [-0.39, 0.29) is 0 Å². The summed E-state index contributed by atoms with van der Waals surface area (Å²) in [5.41, 5.74) is 2.66. The zero-order valence-electron chi connectivity index (χ0n) is 10.9. The van der Waals surface area contributed by atoms with E-state index in [0.717, 1.165) is 0 Å². The minimum atomic E-state index is 0.362. The highest BCUT2D eigenvalue weighted by molar-refractivity contribution is 9.10. The Bertz CT molecular complexity index is 521. The molecule has 0 saturated heterocycles. The Hall–Kier alpha value is -0.640. The van der Waals surface area contributed by atoms with Crippen molar-refractivity contribution in [1.82, 2.24) is 5.32 Å². The molecule has 96 valence electrons. The number of aryl methyl sites for hydroxylation is 1. The Morgan fingerprint density at radius 3 is 2.56 bits per heavy atom. The summed E-state index contributed by atoms with van der Waals surface area (Å²) >= 11 is 5.29. The van der Waals surface area contributed by atoms with Crippen LogP contribution in [0.25, 0.3) is 0 Å². The zero-order valence-corrected chi connectivity index (χ0v) is 13.3. The molecule has 3 heteroatoms. The van der Waals surface area contributed by atoms with E-state index < -0.39 is 0 Å². The molecular weight excluding hydrogens is 306 g/mol. The van der Waals surface area contributed by atoms with E-state index in [4.69, 9.17) is 0 Å². The molecule has 0 aliphatic carbocycles. The minimum Gasteiger partial charge on any atom is -0.303 e. The topological polar surface area (TPSA) is 12.0 Å². The van der Waals surface area contributed by atoms with E-state index in [0.29, 0.717) is 12.1 Å². The van der Waals surface area contributed by atoms with Crippen LogP contribution in [0.15, 0.2) is 40.2 Å². The predicted octanol–water partition coefficient (Wildman–Crippen LogP) is 5.23. The summed E-state index contributed by atoms with van der Waals surface area (Å²) in [5.74, 6) is 0. The van der Waals surface area contributed by atoms with Crippen LogP contribution in [0, 0.1) is 6.92 Å². The molecule has 0 spiro atoms. The van der Waals surface area contributed by atoms with Gasteiger partial charge in [-0.05, 0) is 48.3 Å². The first-order valence-corrected chi connectivity index (χ1v) is 7.80. The highest BCUT2D eigenvalue weighted by atomic mass is 79.9. The summed E-state index contributed by atoms with van der Waals surface area (Å²) in [6.45, 7) is 6.56. The van der Waals surface area contributed by atoms with Gasteiger partial charge in [0, 0.05) is 26.8 Å². The van der Waals surface area contributed by atoms with Gasteiger partial charge in [0.15, 0.2) is 0 Å². The van der Waals surface area contributed by atoms with E-state index in [9.17, 15) is 0 Å². The summed E-state index contributed by atoms with van der Waals surface area (Å²) in [5, 5.41) is 5.77. The van der Waals surface area contributed by atoms with Crippen molar-refractivity contribution in [1.29, 1.82) is 0 Å². The van der Waals surface area contributed by atoms with Gasteiger partial charge in [0.05, 0.1) is 0 Å². The van der Waals surface area contributed by atoms with E-state index in [2.05, 4.69) is 77.7 Å². The fourth-order valence-corrected chi connectivity index (χ4v) is 3.51. The quantitative estimate of drug-likeness (QED) is 0.812. The molecule has 2 atom stereocenters. The van der Waals surface area contributed by atoms with Crippen LogP contribution in [0.1, 0.15) is 41.9 Å². The van der Waals surface area contributed by atoms with Crippen LogP contribution in [-0.4, -0.2) is 0 Å². The first-order chi connectivity index (χ1) is 8.56. The van der Waals surface area contributed by atoms with Crippen LogP contribution in [0.3, 0.4) is 0 Å². The van der Waals surface area contributed by atoms with E-state index in [1.54, 1.807) is 11.3 Å². The first kappa shape index (κ1) is 13.8. The van der Waals surface area contributed by atoms with Crippen molar-refractivity contribution in [3.8, 4) is 0 Å². The van der Waals surface area contributed by atoms with E-state index >= 15 is 0 Å². The molecule has 1 nitrogen and oxygen atoms in total.